The summed E-state index contributed by atoms with van der Waals surface area (Å²) in [5.41, 5.74) is -1.07. The van der Waals surface area contributed by atoms with Gasteiger partial charge in [-0.3, -0.25) is 0 Å². The number of thiazole rings is 1. The van der Waals surface area contributed by atoms with E-state index in [0.717, 1.165) is 21.6 Å². The Morgan fingerprint density at radius 2 is 1.89 bits per heavy atom. The summed E-state index contributed by atoms with van der Waals surface area (Å²) < 4.78 is 42.0. The molecule has 1 aromatic heterocycles. The fraction of sp³-hybridized carbons (Fsp3) is 0.222. The summed E-state index contributed by atoms with van der Waals surface area (Å²) in [6.45, 7) is 1.89. The van der Waals surface area contributed by atoms with Crippen molar-refractivity contribution < 1.29 is 18.3 Å². The zero-order valence-corrected chi connectivity index (χ0v) is 15.5. The topological polar surface area (TPSA) is 48.7 Å². The summed E-state index contributed by atoms with van der Waals surface area (Å²) in [6.07, 6.45) is -5.62. The van der Waals surface area contributed by atoms with Gasteiger partial charge in [0.2, 0.25) is 5.13 Å². The third-order valence-electron chi connectivity index (χ3n) is 4.33. The van der Waals surface area contributed by atoms with Crippen LogP contribution in [-0.2, 0) is 0 Å². The fourth-order valence-electron chi connectivity index (χ4n) is 2.88. The van der Waals surface area contributed by atoms with Gasteiger partial charge in [0.1, 0.15) is 0 Å². The molecular weight excluding hydrogens is 399 g/mol. The van der Waals surface area contributed by atoms with Crippen LogP contribution in [0.1, 0.15) is 17.5 Å². The van der Waals surface area contributed by atoms with Crippen LogP contribution in [0.25, 0.3) is 10.2 Å². The number of aliphatic hydroxyl groups is 1. The monoisotopic (exact) mass is 411 g/mol. The highest BCUT2D eigenvalue weighted by Crippen LogP contribution is 2.45. The second-order valence-corrected chi connectivity index (χ2v) is 7.77. The molecule has 2 aromatic carbocycles. The average molecular weight is 412 g/mol. The SMILES string of the molecule is Cc1ccc2nc(N3N=C(c4ccc(Cl)cc4)CC3(O)C(F)(F)F)sc2c1. The van der Waals surface area contributed by atoms with Crippen LogP contribution in [-0.4, -0.2) is 27.7 Å². The largest absolute Gasteiger partial charge is 0.438 e. The van der Waals surface area contributed by atoms with E-state index in [2.05, 4.69) is 10.1 Å². The number of nitrogens with zero attached hydrogens (tertiary/aromatic N) is 3. The lowest BCUT2D eigenvalue weighted by Gasteiger charge is -2.32. The lowest BCUT2D eigenvalue weighted by Crippen LogP contribution is -2.55. The van der Waals surface area contributed by atoms with Crippen molar-refractivity contribution in [3.05, 3.63) is 58.6 Å². The van der Waals surface area contributed by atoms with E-state index in [-0.39, 0.29) is 10.8 Å². The van der Waals surface area contributed by atoms with Crippen molar-refractivity contribution in [2.75, 3.05) is 5.01 Å². The average Bonchev–Trinajstić information content (AvgIpc) is 3.16. The molecule has 0 radical (unpaired) electrons. The lowest BCUT2D eigenvalue weighted by molar-refractivity contribution is -0.254. The minimum absolute atomic E-state index is 0.0145. The van der Waals surface area contributed by atoms with Crippen molar-refractivity contribution in [3.63, 3.8) is 0 Å². The molecule has 0 saturated heterocycles. The molecule has 2 heterocycles. The number of benzene rings is 2. The first-order valence-electron chi connectivity index (χ1n) is 7.97. The highest BCUT2D eigenvalue weighted by molar-refractivity contribution is 7.22. The Morgan fingerprint density at radius 1 is 1.19 bits per heavy atom. The van der Waals surface area contributed by atoms with Gasteiger partial charge >= 0.3 is 6.18 Å². The van der Waals surface area contributed by atoms with E-state index in [1.54, 1.807) is 30.3 Å². The molecule has 27 heavy (non-hydrogen) atoms. The molecule has 0 spiro atoms. The number of fused-ring (bicyclic) bond motifs is 1. The van der Waals surface area contributed by atoms with Gasteiger partial charge in [0, 0.05) is 5.02 Å². The zero-order valence-electron chi connectivity index (χ0n) is 14.0. The van der Waals surface area contributed by atoms with Crippen LogP contribution < -0.4 is 5.01 Å². The van der Waals surface area contributed by atoms with Crippen LogP contribution in [0.3, 0.4) is 0 Å². The number of hydrogen-bond acceptors (Lipinski definition) is 5. The number of rotatable bonds is 2. The highest BCUT2D eigenvalue weighted by Gasteiger charge is 2.62. The fourth-order valence-corrected chi connectivity index (χ4v) is 4.09. The molecule has 4 rings (SSSR count). The maximum Gasteiger partial charge on any atom is 0.438 e. The van der Waals surface area contributed by atoms with Crippen molar-refractivity contribution in [2.45, 2.75) is 25.2 Å². The van der Waals surface area contributed by atoms with E-state index >= 15 is 0 Å². The standard InChI is InChI=1S/C18H13ClF3N3OS/c1-10-2-7-13-15(8-10)27-16(23-13)25-17(26,18(20,21)22)9-14(24-25)11-3-5-12(19)6-4-11/h2-8,26H,9H2,1H3. The van der Waals surface area contributed by atoms with Gasteiger partial charge in [0.05, 0.1) is 22.3 Å². The molecule has 4 nitrogen and oxygen atoms in total. The minimum Gasteiger partial charge on any atom is -0.362 e. The van der Waals surface area contributed by atoms with Crippen molar-refractivity contribution in [1.29, 1.82) is 0 Å². The molecule has 3 aromatic rings. The summed E-state index contributed by atoms with van der Waals surface area (Å²) in [5.74, 6) is 0. The van der Waals surface area contributed by atoms with Crippen LogP contribution in [0.5, 0.6) is 0 Å². The van der Waals surface area contributed by atoms with Crippen LogP contribution in [0, 0.1) is 6.92 Å². The number of aryl methyl sites for hydroxylation is 1. The number of alkyl halides is 3. The maximum absolute atomic E-state index is 13.7. The molecule has 1 atom stereocenters. The third kappa shape index (κ3) is 3.07. The van der Waals surface area contributed by atoms with E-state index in [0.29, 0.717) is 21.1 Å². The number of hydrazone groups is 1. The van der Waals surface area contributed by atoms with E-state index in [4.69, 9.17) is 11.6 Å². The molecule has 1 aliphatic rings. The molecule has 0 bridgehead atoms. The van der Waals surface area contributed by atoms with Gasteiger partial charge in [0.25, 0.3) is 5.72 Å². The normalized spacial score (nSPS) is 20.4. The van der Waals surface area contributed by atoms with Crippen molar-refractivity contribution in [1.82, 2.24) is 4.98 Å². The summed E-state index contributed by atoms with van der Waals surface area (Å²) in [5, 5.41) is 15.6. The molecule has 0 fully saturated rings. The van der Waals surface area contributed by atoms with Gasteiger partial charge in [-0.25, -0.2) is 4.98 Å². The first-order valence-corrected chi connectivity index (χ1v) is 9.17. The van der Waals surface area contributed by atoms with Gasteiger partial charge < -0.3 is 5.11 Å². The van der Waals surface area contributed by atoms with Crippen molar-refractivity contribution in [2.24, 2.45) is 5.10 Å². The summed E-state index contributed by atoms with van der Waals surface area (Å²) in [4.78, 5) is 4.24. The minimum atomic E-state index is -4.92. The Labute approximate surface area is 161 Å². The smallest absolute Gasteiger partial charge is 0.362 e. The molecule has 1 unspecified atom stereocenters. The third-order valence-corrected chi connectivity index (χ3v) is 5.58. The second kappa shape index (κ2) is 6.19. The highest BCUT2D eigenvalue weighted by atomic mass is 35.5. The van der Waals surface area contributed by atoms with E-state index in [9.17, 15) is 18.3 Å². The second-order valence-electron chi connectivity index (χ2n) is 6.32. The Balaban J connectivity index is 1.83. The van der Waals surface area contributed by atoms with E-state index in [1.807, 2.05) is 19.1 Å². The van der Waals surface area contributed by atoms with Gasteiger partial charge in [-0.1, -0.05) is 41.1 Å². The zero-order chi connectivity index (χ0) is 19.4. The van der Waals surface area contributed by atoms with E-state index in [1.165, 1.54) is 0 Å². The molecule has 9 heteroatoms. The molecule has 1 N–H and O–H groups in total. The Hall–Kier alpha value is -2.16. The molecule has 0 saturated carbocycles. The van der Waals surface area contributed by atoms with Crippen LogP contribution in [0.15, 0.2) is 47.6 Å². The van der Waals surface area contributed by atoms with Gasteiger partial charge in [0.15, 0.2) is 0 Å². The van der Waals surface area contributed by atoms with E-state index < -0.39 is 18.3 Å². The first kappa shape index (κ1) is 18.2. The number of hydrogen-bond donors (Lipinski definition) is 1. The Morgan fingerprint density at radius 3 is 2.56 bits per heavy atom. The molecule has 140 valence electrons. The first-order chi connectivity index (χ1) is 12.7. The van der Waals surface area contributed by atoms with Crippen LogP contribution in [0.2, 0.25) is 5.02 Å². The summed E-state index contributed by atoms with van der Waals surface area (Å²) in [6, 6.07) is 11.7. The summed E-state index contributed by atoms with van der Waals surface area (Å²) in [7, 11) is 0. The quantitative estimate of drug-likeness (QED) is 0.636. The number of anilines is 1. The number of aromatic nitrogens is 1. The van der Waals surface area contributed by atoms with Crippen LogP contribution >= 0.6 is 22.9 Å². The molecule has 0 aliphatic carbocycles. The predicted molar refractivity (Wildman–Crippen MR) is 100 cm³/mol. The number of halogens is 4. The van der Waals surface area contributed by atoms with Crippen molar-refractivity contribution >= 4 is 44.0 Å². The lowest BCUT2D eigenvalue weighted by atomic mass is 10.0. The van der Waals surface area contributed by atoms with Gasteiger partial charge in [-0.15, -0.1) is 0 Å². The van der Waals surface area contributed by atoms with Gasteiger partial charge in [-0.2, -0.15) is 23.3 Å². The van der Waals surface area contributed by atoms with Gasteiger partial charge in [-0.05, 0) is 42.3 Å². The molecular formula is C18H13ClF3N3OS. The Kier molecular flexibility index (Phi) is 4.17. The van der Waals surface area contributed by atoms with Crippen LogP contribution in [0.4, 0.5) is 18.3 Å². The molecule has 1 aliphatic heterocycles. The predicted octanol–water partition coefficient (Wildman–Crippen LogP) is 5.12. The Bertz CT molecular complexity index is 1050. The molecule has 0 amide bonds. The summed E-state index contributed by atoms with van der Waals surface area (Å²) >= 11 is 6.89. The van der Waals surface area contributed by atoms with Crippen molar-refractivity contribution in [3.8, 4) is 0 Å². The maximum atomic E-state index is 13.7.